The van der Waals surface area contributed by atoms with Crippen LogP contribution in [0.3, 0.4) is 0 Å². The maximum absolute atomic E-state index is 2.76. The molecule has 0 radical (unpaired) electrons. The molecule has 0 amide bonds. The Hall–Kier alpha value is 0.0900. The molecule has 4 aliphatic rings. The minimum absolute atomic E-state index is 0.539. The summed E-state index contributed by atoms with van der Waals surface area (Å²) >= 11 is 2.12. The van der Waals surface area contributed by atoms with Crippen LogP contribution in [0.25, 0.3) is 0 Å². The Morgan fingerprint density at radius 3 is 2.52 bits per heavy atom. The molecule has 166 valence electrons. The van der Waals surface area contributed by atoms with E-state index in [1.165, 1.54) is 70.6 Å². The number of allylic oxidation sites excluding steroid dienone is 2. The first-order chi connectivity index (χ1) is 13.8. The largest absolute Gasteiger partial charge is 0.162 e. The summed E-state index contributed by atoms with van der Waals surface area (Å²) in [5.74, 6) is 5.77. The molecule has 0 spiro atoms. The van der Waals surface area contributed by atoms with Crippen molar-refractivity contribution in [2.24, 2.45) is 46.3 Å². The van der Waals surface area contributed by atoms with Crippen LogP contribution < -0.4 is 0 Å². The van der Waals surface area contributed by atoms with Gasteiger partial charge in [-0.15, -0.1) is 0 Å². The van der Waals surface area contributed by atoms with E-state index in [1.807, 2.05) is 5.57 Å². The van der Waals surface area contributed by atoms with Gasteiger partial charge in [0.15, 0.2) is 0 Å². The van der Waals surface area contributed by atoms with Gasteiger partial charge in [0.1, 0.15) is 0 Å². The smallest absolute Gasteiger partial charge is 0.00819 e. The zero-order valence-corrected chi connectivity index (χ0v) is 21.1. The van der Waals surface area contributed by atoms with Gasteiger partial charge in [0.25, 0.3) is 0 Å². The van der Waals surface area contributed by atoms with Gasteiger partial charge in [0.05, 0.1) is 0 Å². The molecule has 0 aromatic heterocycles. The third-order valence-corrected chi connectivity index (χ3v) is 11.7. The molecule has 3 saturated carbocycles. The first-order valence-electron chi connectivity index (χ1n) is 13.0. The lowest BCUT2D eigenvalue weighted by molar-refractivity contribution is -0.0497. The van der Waals surface area contributed by atoms with E-state index in [9.17, 15) is 0 Å². The SMILES string of the molecule is CSC1CCC2(C)C(=CCC3C2CCC2(C)C(C(C)CCCC(C)C)CCC32)C1. The minimum atomic E-state index is 0.539. The molecule has 0 bridgehead atoms. The minimum Gasteiger partial charge on any atom is -0.162 e. The van der Waals surface area contributed by atoms with Crippen molar-refractivity contribution in [3.63, 3.8) is 0 Å². The van der Waals surface area contributed by atoms with E-state index in [0.29, 0.717) is 10.8 Å². The molecule has 4 rings (SSSR count). The highest BCUT2D eigenvalue weighted by molar-refractivity contribution is 7.99. The van der Waals surface area contributed by atoms with Gasteiger partial charge in [0.2, 0.25) is 0 Å². The molecule has 0 heterocycles. The van der Waals surface area contributed by atoms with Crippen molar-refractivity contribution < 1.29 is 0 Å². The first kappa shape index (κ1) is 22.3. The molecule has 29 heavy (non-hydrogen) atoms. The van der Waals surface area contributed by atoms with Crippen molar-refractivity contribution in [2.75, 3.05) is 6.26 Å². The summed E-state index contributed by atoms with van der Waals surface area (Å²) in [6, 6.07) is 0. The van der Waals surface area contributed by atoms with Crippen molar-refractivity contribution in [2.45, 2.75) is 110 Å². The lowest BCUT2D eigenvalue weighted by Gasteiger charge is -2.58. The quantitative estimate of drug-likeness (QED) is 0.390. The highest BCUT2D eigenvalue weighted by atomic mass is 32.2. The van der Waals surface area contributed by atoms with E-state index in [-0.39, 0.29) is 0 Å². The summed E-state index contributed by atoms with van der Waals surface area (Å²) in [4.78, 5) is 0. The normalized spacial score (nSPS) is 45.3. The second-order valence-corrected chi connectivity index (χ2v) is 13.5. The topological polar surface area (TPSA) is 0 Å². The molecule has 8 atom stereocenters. The van der Waals surface area contributed by atoms with Gasteiger partial charge in [-0.25, -0.2) is 0 Å². The van der Waals surface area contributed by atoms with Gasteiger partial charge >= 0.3 is 0 Å². The second kappa shape index (κ2) is 8.55. The van der Waals surface area contributed by atoms with Gasteiger partial charge in [-0.2, -0.15) is 11.8 Å². The molecule has 0 nitrogen and oxygen atoms in total. The Labute approximate surface area is 186 Å². The zero-order chi connectivity index (χ0) is 20.8. The first-order valence-corrected chi connectivity index (χ1v) is 14.3. The summed E-state index contributed by atoms with van der Waals surface area (Å²) in [6.45, 7) is 12.8. The number of rotatable bonds is 6. The van der Waals surface area contributed by atoms with E-state index in [1.54, 1.807) is 0 Å². The fraction of sp³-hybridized carbons (Fsp3) is 0.929. The molecular weight excluding hydrogens is 368 g/mol. The molecule has 1 heteroatoms. The van der Waals surface area contributed by atoms with Crippen LogP contribution >= 0.6 is 11.8 Å². The van der Waals surface area contributed by atoms with Crippen molar-refractivity contribution in [3.05, 3.63) is 11.6 Å². The monoisotopic (exact) mass is 416 g/mol. The Balaban J connectivity index is 1.48. The Bertz CT molecular complexity index is 605. The molecule has 0 N–H and O–H groups in total. The second-order valence-electron chi connectivity index (χ2n) is 12.4. The Morgan fingerprint density at radius 1 is 1.00 bits per heavy atom. The maximum Gasteiger partial charge on any atom is 0.00819 e. The predicted molar refractivity (Wildman–Crippen MR) is 130 cm³/mol. The Morgan fingerprint density at radius 2 is 1.79 bits per heavy atom. The molecule has 8 unspecified atom stereocenters. The van der Waals surface area contributed by atoms with Crippen molar-refractivity contribution in [3.8, 4) is 0 Å². The van der Waals surface area contributed by atoms with Crippen molar-refractivity contribution in [1.82, 2.24) is 0 Å². The number of hydrogen-bond acceptors (Lipinski definition) is 1. The van der Waals surface area contributed by atoms with Crippen molar-refractivity contribution in [1.29, 1.82) is 0 Å². The van der Waals surface area contributed by atoms with E-state index < -0.39 is 0 Å². The van der Waals surface area contributed by atoms with Gasteiger partial charge in [-0.05, 0) is 104 Å². The van der Waals surface area contributed by atoms with Crippen molar-refractivity contribution >= 4 is 11.8 Å². The highest BCUT2D eigenvalue weighted by Crippen LogP contribution is 2.67. The Kier molecular flexibility index (Phi) is 6.57. The van der Waals surface area contributed by atoms with Crippen LogP contribution in [0.5, 0.6) is 0 Å². The molecule has 3 fully saturated rings. The van der Waals surface area contributed by atoms with E-state index in [0.717, 1.165) is 40.8 Å². The molecule has 0 saturated heterocycles. The molecule has 4 aliphatic carbocycles. The predicted octanol–water partition coefficient (Wildman–Crippen LogP) is 8.76. The van der Waals surface area contributed by atoms with Crippen LogP contribution in [-0.4, -0.2) is 11.5 Å². The van der Waals surface area contributed by atoms with Crippen LogP contribution in [0, 0.1) is 46.3 Å². The van der Waals surface area contributed by atoms with Gasteiger partial charge < -0.3 is 0 Å². The fourth-order valence-corrected chi connectivity index (χ4v) is 9.55. The number of thioether (sulfide) groups is 1. The summed E-state index contributed by atoms with van der Waals surface area (Å²) in [5, 5.41) is 0.891. The summed E-state index contributed by atoms with van der Waals surface area (Å²) < 4.78 is 0. The highest BCUT2D eigenvalue weighted by Gasteiger charge is 2.59. The molecule has 0 aromatic carbocycles. The lowest BCUT2D eigenvalue weighted by Crippen LogP contribution is -2.50. The van der Waals surface area contributed by atoms with Crippen LogP contribution in [0.4, 0.5) is 0 Å². The van der Waals surface area contributed by atoms with Gasteiger partial charge in [0, 0.05) is 5.25 Å². The standard InChI is InChI=1S/C28H48S/c1-19(2)8-7-9-20(3)24-12-13-25-23-11-10-21-18-22(29-6)14-16-27(21,4)26(23)15-17-28(24,25)5/h10,19-20,22-26H,7-9,11-18H2,1-6H3. The number of hydrogen-bond donors (Lipinski definition) is 0. The fourth-order valence-electron chi connectivity index (χ4n) is 8.85. The average molecular weight is 417 g/mol. The maximum atomic E-state index is 2.76. The van der Waals surface area contributed by atoms with Crippen LogP contribution in [0.15, 0.2) is 11.6 Å². The van der Waals surface area contributed by atoms with Crippen LogP contribution in [0.2, 0.25) is 0 Å². The molecule has 0 aromatic rings. The zero-order valence-electron chi connectivity index (χ0n) is 20.3. The van der Waals surface area contributed by atoms with Crippen LogP contribution in [0.1, 0.15) is 105 Å². The summed E-state index contributed by atoms with van der Waals surface area (Å²) in [6.07, 6.45) is 21.2. The van der Waals surface area contributed by atoms with E-state index in [2.05, 4.69) is 58.7 Å². The van der Waals surface area contributed by atoms with Gasteiger partial charge in [-0.3, -0.25) is 0 Å². The molecular formula is C28H48S. The average Bonchev–Trinajstić information content (AvgIpc) is 3.04. The van der Waals surface area contributed by atoms with E-state index in [4.69, 9.17) is 0 Å². The third kappa shape index (κ3) is 3.89. The van der Waals surface area contributed by atoms with Crippen LogP contribution in [-0.2, 0) is 0 Å². The number of fused-ring (bicyclic) bond motifs is 5. The van der Waals surface area contributed by atoms with Gasteiger partial charge in [-0.1, -0.05) is 65.5 Å². The van der Waals surface area contributed by atoms with E-state index >= 15 is 0 Å². The third-order valence-electron chi connectivity index (χ3n) is 10.6. The summed E-state index contributed by atoms with van der Waals surface area (Å²) in [7, 11) is 0. The summed E-state index contributed by atoms with van der Waals surface area (Å²) in [5.41, 5.74) is 3.04. The lowest BCUT2D eigenvalue weighted by atomic mass is 9.47. The molecule has 0 aliphatic heterocycles.